The summed E-state index contributed by atoms with van der Waals surface area (Å²) < 4.78 is 32.5. The van der Waals surface area contributed by atoms with Crippen LogP contribution in [0.25, 0.3) is 0 Å². The lowest BCUT2D eigenvalue weighted by Gasteiger charge is -2.31. The Hall–Kier alpha value is -1.60. The Balaban J connectivity index is 0.00000225. The van der Waals surface area contributed by atoms with Crippen LogP contribution in [-0.2, 0) is 10.0 Å². The fraction of sp³-hybridized carbons (Fsp3) is 0.333. The van der Waals surface area contributed by atoms with E-state index in [-0.39, 0.29) is 12.4 Å². The standard InChI is InChI=1S/C18H22N2O3S.ClH/c1-15-7-9-16(10-8-15)24(21,22)20-13-11-19(12-14-20)17-5-3-4-6-18(17)23-2;/h3-10H,11-14H2,1-2H3;1H. The maximum Gasteiger partial charge on any atom is 0.243 e. The van der Waals surface area contributed by atoms with Gasteiger partial charge in [-0.2, -0.15) is 4.31 Å². The van der Waals surface area contributed by atoms with Crippen LogP contribution in [0.15, 0.2) is 53.4 Å². The molecule has 0 amide bonds. The summed E-state index contributed by atoms with van der Waals surface area (Å²) in [4.78, 5) is 1.62. The number of ether oxygens (including phenoxy) is 1. The van der Waals surface area contributed by atoms with E-state index in [4.69, 9.17) is 4.74 Å². The molecular weight excluding hydrogens is 360 g/mol. The highest BCUT2D eigenvalue weighted by Crippen LogP contribution is 2.20. The molecule has 1 N–H and O–H groups in total. The average Bonchev–Trinajstić information content (AvgIpc) is 2.62. The van der Waals surface area contributed by atoms with Gasteiger partial charge in [0.05, 0.1) is 38.2 Å². The van der Waals surface area contributed by atoms with Crippen LogP contribution in [0.4, 0.5) is 5.69 Å². The number of para-hydroxylation sites is 2. The predicted octanol–water partition coefficient (Wildman–Crippen LogP) is -1.77. The molecule has 0 spiro atoms. The monoisotopic (exact) mass is 382 g/mol. The van der Waals surface area contributed by atoms with Crippen LogP contribution in [0.3, 0.4) is 0 Å². The summed E-state index contributed by atoms with van der Waals surface area (Å²) >= 11 is 0. The number of halogens is 1. The van der Waals surface area contributed by atoms with E-state index in [2.05, 4.69) is 0 Å². The Morgan fingerprint density at radius 2 is 1.60 bits per heavy atom. The Labute approximate surface area is 155 Å². The lowest BCUT2D eigenvalue weighted by atomic mass is 10.2. The Morgan fingerprint density at radius 1 is 1.00 bits per heavy atom. The first kappa shape index (κ1) is 19.7. The normalized spacial score (nSPS) is 16.2. The van der Waals surface area contributed by atoms with Gasteiger partial charge in [-0.15, -0.1) is 0 Å². The third-order valence-electron chi connectivity index (χ3n) is 4.47. The summed E-state index contributed by atoms with van der Waals surface area (Å²) in [6.45, 7) is 4.41. The Kier molecular flexibility index (Phi) is 6.46. The molecule has 1 fully saturated rings. The molecule has 1 heterocycles. The van der Waals surface area contributed by atoms with Gasteiger partial charge in [0.1, 0.15) is 0 Å². The molecule has 1 aliphatic rings. The van der Waals surface area contributed by atoms with Crippen molar-refractivity contribution in [3.05, 3.63) is 54.1 Å². The van der Waals surface area contributed by atoms with Gasteiger partial charge in [0.25, 0.3) is 0 Å². The van der Waals surface area contributed by atoms with Crippen LogP contribution < -0.4 is 22.0 Å². The Bertz CT molecular complexity index is 801. The zero-order valence-electron chi connectivity index (χ0n) is 14.4. The smallest absolute Gasteiger partial charge is 0.243 e. The summed E-state index contributed by atoms with van der Waals surface area (Å²) in [5.74, 6) is 0.849. The van der Waals surface area contributed by atoms with Gasteiger partial charge < -0.3 is 17.1 Å². The number of nitrogens with zero attached hydrogens (tertiary/aromatic N) is 1. The summed E-state index contributed by atoms with van der Waals surface area (Å²) in [7, 11) is -1.75. The number of hydrogen-bond donors (Lipinski definition) is 1. The highest BCUT2D eigenvalue weighted by molar-refractivity contribution is 7.89. The fourth-order valence-electron chi connectivity index (χ4n) is 3.06. The molecule has 1 saturated heterocycles. The second-order valence-corrected chi connectivity index (χ2v) is 7.96. The van der Waals surface area contributed by atoms with Crippen LogP contribution in [0.2, 0.25) is 0 Å². The van der Waals surface area contributed by atoms with Gasteiger partial charge >= 0.3 is 0 Å². The number of benzene rings is 2. The minimum absolute atomic E-state index is 0. The van der Waals surface area contributed by atoms with Crippen molar-refractivity contribution in [2.75, 3.05) is 33.3 Å². The number of nitrogens with one attached hydrogen (secondary N) is 1. The number of aryl methyl sites for hydroxylation is 1. The molecule has 0 atom stereocenters. The molecule has 5 nitrogen and oxygen atoms in total. The van der Waals surface area contributed by atoms with E-state index in [1.807, 2.05) is 43.3 Å². The van der Waals surface area contributed by atoms with E-state index in [0.717, 1.165) is 30.1 Å². The number of piperazine rings is 1. The van der Waals surface area contributed by atoms with Gasteiger partial charge in [0, 0.05) is 6.07 Å². The largest absolute Gasteiger partial charge is 1.00 e. The number of methoxy groups -OCH3 is 1. The van der Waals surface area contributed by atoms with Crippen LogP contribution in [0.5, 0.6) is 5.75 Å². The molecule has 0 aromatic heterocycles. The van der Waals surface area contributed by atoms with E-state index in [9.17, 15) is 8.42 Å². The topological polar surface area (TPSA) is 51.1 Å². The predicted molar refractivity (Wildman–Crippen MR) is 93.3 cm³/mol. The molecule has 3 rings (SSSR count). The molecule has 0 bridgehead atoms. The summed E-state index contributed by atoms with van der Waals surface area (Å²) in [5.41, 5.74) is 2.15. The lowest BCUT2D eigenvalue weighted by molar-refractivity contribution is -0.837. The maximum atomic E-state index is 12.8. The molecule has 1 aliphatic heterocycles. The van der Waals surface area contributed by atoms with Crippen LogP contribution in [-0.4, -0.2) is 46.0 Å². The van der Waals surface area contributed by atoms with Gasteiger partial charge in [0.15, 0.2) is 11.4 Å². The summed E-state index contributed by atoms with van der Waals surface area (Å²) in [6.07, 6.45) is 0. The van der Waals surface area contributed by atoms with Crippen molar-refractivity contribution < 1.29 is 30.5 Å². The second-order valence-electron chi connectivity index (χ2n) is 6.02. The molecule has 0 saturated carbocycles. The molecule has 0 unspecified atom stereocenters. The summed E-state index contributed by atoms with van der Waals surface area (Å²) in [6, 6.07) is 15.0. The van der Waals surface area contributed by atoms with Gasteiger partial charge in [-0.25, -0.2) is 8.42 Å². The molecule has 2 aromatic carbocycles. The first-order valence-corrected chi connectivity index (χ1v) is 9.51. The van der Waals surface area contributed by atoms with Gasteiger partial charge in [-0.05, 0) is 25.1 Å². The second kappa shape index (κ2) is 8.19. The summed E-state index contributed by atoms with van der Waals surface area (Å²) in [5, 5.41) is 0. The minimum atomic E-state index is -3.41. The molecule has 7 heteroatoms. The van der Waals surface area contributed by atoms with Crippen molar-refractivity contribution in [2.24, 2.45) is 0 Å². The first-order chi connectivity index (χ1) is 11.5. The number of sulfonamides is 1. The maximum absolute atomic E-state index is 12.8. The average molecular weight is 383 g/mol. The third-order valence-corrected chi connectivity index (χ3v) is 6.39. The lowest BCUT2D eigenvalue weighted by Crippen LogP contribution is -3.10. The van der Waals surface area contributed by atoms with Crippen molar-refractivity contribution in [1.29, 1.82) is 0 Å². The molecule has 2 aromatic rings. The van der Waals surface area contributed by atoms with E-state index in [1.54, 1.807) is 23.5 Å². The van der Waals surface area contributed by atoms with Crippen molar-refractivity contribution in [1.82, 2.24) is 4.31 Å². The molecule has 136 valence electrons. The zero-order valence-corrected chi connectivity index (χ0v) is 16.0. The molecular formula is C18H23ClN2O3S. The van der Waals surface area contributed by atoms with Crippen molar-refractivity contribution in [3.8, 4) is 5.75 Å². The highest BCUT2D eigenvalue weighted by Gasteiger charge is 2.31. The van der Waals surface area contributed by atoms with E-state index in [1.165, 1.54) is 4.90 Å². The van der Waals surface area contributed by atoms with Crippen molar-refractivity contribution in [2.45, 2.75) is 11.8 Å². The van der Waals surface area contributed by atoms with Crippen LogP contribution in [0.1, 0.15) is 5.56 Å². The quantitative estimate of drug-likeness (QED) is 0.681. The van der Waals surface area contributed by atoms with Crippen molar-refractivity contribution in [3.63, 3.8) is 0 Å². The number of quaternary nitrogens is 1. The SMILES string of the molecule is COc1ccccc1[NH+]1CCN(S(=O)(=O)c2ccc(C)cc2)CC1.[Cl-]. The minimum Gasteiger partial charge on any atom is -1.00 e. The Morgan fingerprint density at radius 3 is 2.20 bits per heavy atom. The molecule has 0 aliphatic carbocycles. The third kappa shape index (κ3) is 4.15. The van der Waals surface area contributed by atoms with Gasteiger partial charge in [-0.3, -0.25) is 4.90 Å². The van der Waals surface area contributed by atoms with Crippen LogP contribution in [0, 0.1) is 6.92 Å². The highest BCUT2D eigenvalue weighted by atomic mass is 35.5. The molecule has 25 heavy (non-hydrogen) atoms. The number of rotatable bonds is 4. The van der Waals surface area contributed by atoms with Gasteiger partial charge in [-0.1, -0.05) is 29.8 Å². The zero-order chi connectivity index (χ0) is 17.2. The number of hydrogen-bond acceptors (Lipinski definition) is 3. The first-order valence-electron chi connectivity index (χ1n) is 8.07. The fourth-order valence-corrected chi connectivity index (χ4v) is 4.50. The van der Waals surface area contributed by atoms with E-state index < -0.39 is 10.0 Å². The van der Waals surface area contributed by atoms with E-state index in [0.29, 0.717) is 18.0 Å². The molecule has 0 radical (unpaired) electrons. The van der Waals surface area contributed by atoms with Gasteiger partial charge in [0.2, 0.25) is 10.0 Å². The van der Waals surface area contributed by atoms with Crippen LogP contribution >= 0.6 is 0 Å². The van der Waals surface area contributed by atoms with E-state index >= 15 is 0 Å². The van der Waals surface area contributed by atoms with Crippen molar-refractivity contribution >= 4 is 15.7 Å².